The highest BCUT2D eigenvalue weighted by atomic mass is 16.3. The van der Waals surface area contributed by atoms with E-state index in [1.807, 2.05) is 26.0 Å². The molecule has 3 heterocycles. The van der Waals surface area contributed by atoms with Gasteiger partial charge in [-0.1, -0.05) is 0 Å². The number of hydrogen-bond donors (Lipinski definition) is 1. The zero-order valence-corrected chi connectivity index (χ0v) is 10.2. The lowest BCUT2D eigenvalue weighted by atomic mass is 10.2. The molecule has 0 atom stereocenters. The van der Waals surface area contributed by atoms with Crippen LogP contribution in [0.5, 0.6) is 0 Å². The Balaban J connectivity index is 2.17. The van der Waals surface area contributed by atoms with Crippen LogP contribution < -0.4 is 5.49 Å². The lowest BCUT2D eigenvalue weighted by molar-refractivity contribution is 0.485. The Bertz CT molecular complexity index is 750. The molecule has 0 fully saturated rings. The Morgan fingerprint density at radius 2 is 2.22 bits per heavy atom. The quantitative estimate of drug-likeness (QED) is 0.751. The third-order valence-corrected chi connectivity index (χ3v) is 3.11. The number of hydrogen-bond acceptors (Lipinski definition) is 4. The number of nitrogens with one attached hydrogen (secondary N) is 1. The molecule has 0 saturated carbocycles. The predicted molar refractivity (Wildman–Crippen MR) is 65.1 cm³/mol. The summed E-state index contributed by atoms with van der Waals surface area (Å²) in [4.78, 5) is 4.24. The van der Waals surface area contributed by atoms with Gasteiger partial charge in [-0.25, -0.2) is 4.98 Å². The van der Waals surface area contributed by atoms with E-state index >= 15 is 0 Å². The van der Waals surface area contributed by atoms with E-state index in [2.05, 4.69) is 4.98 Å². The van der Waals surface area contributed by atoms with Gasteiger partial charge in [0, 0.05) is 5.56 Å². The van der Waals surface area contributed by atoms with Crippen LogP contribution in [-0.4, -0.2) is 9.55 Å². The van der Waals surface area contributed by atoms with E-state index in [-0.39, 0.29) is 0 Å². The van der Waals surface area contributed by atoms with Crippen molar-refractivity contribution in [3.05, 3.63) is 47.3 Å². The minimum Gasteiger partial charge on any atom is -0.467 e. The van der Waals surface area contributed by atoms with Gasteiger partial charge in [-0.15, -0.1) is 0 Å². The SMILES string of the molecule is Cc1oc2ncn(Cc3ccco3)c(=N)c2c1C. The van der Waals surface area contributed by atoms with E-state index in [1.165, 1.54) is 0 Å². The largest absolute Gasteiger partial charge is 0.467 e. The van der Waals surface area contributed by atoms with Crippen molar-refractivity contribution in [2.75, 3.05) is 0 Å². The van der Waals surface area contributed by atoms with Gasteiger partial charge in [0.2, 0.25) is 5.71 Å². The molecule has 0 unspecified atom stereocenters. The fourth-order valence-electron chi connectivity index (χ4n) is 1.99. The average molecular weight is 243 g/mol. The van der Waals surface area contributed by atoms with Crippen molar-refractivity contribution < 1.29 is 8.83 Å². The monoisotopic (exact) mass is 243 g/mol. The number of aryl methyl sites for hydroxylation is 2. The van der Waals surface area contributed by atoms with Crippen LogP contribution in [0.4, 0.5) is 0 Å². The zero-order valence-electron chi connectivity index (χ0n) is 10.2. The molecule has 92 valence electrons. The number of furan rings is 2. The van der Waals surface area contributed by atoms with Crippen LogP contribution >= 0.6 is 0 Å². The first-order chi connectivity index (χ1) is 8.66. The van der Waals surface area contributed by atoms with Gasteiger partial charge in [0.15, 0.2) is 0 Å². The number of fused-ring (bicyclic) bond motifs is 1. The van der Waals surface area contributed by atoms with Gasteiger partial charge in [0.1, 0.15) is 23.3 Å². The van der Waals surface area contributed by atoms with Gasteiger partial charge in [-0.2, -0.15) is 0 Å². The summed E-state index contributed by atoms with van der Waals surface area (Å²) in [6.07, 6.45) is 3.23. The molecule has 0 amide bonds. The van der Waals surface area contributed by atoms with Gasteiger partial charge in [0.05, 0.1) is 18.2 Å². The molecule has 18 heavy (non-hydrogen) atoms. The number of aromatic nitrogens is 2. The Labute approximate surface area is 103 Å². The molecule has 0 aliphatic heterocycles. The van der Waals surface area contributed by atoms with Gasteiger partial charge in [-0.3, -0.25) is 5.41 Å². The maximum atomic E-state index is 8.22. The van der Waals surface area contributed by atoms with Crippen LogP contribution in [0, 0.1) is 19.3 Å². The minimum absolute atomic E-state index is 0.394. The van der Waals surface area contributed by atoms with Crippen molar-refractivity contribution >= 4 is 11.1 Å². The fourth-order valence-corrected chi connectivity index (χ4v) is 1.99. The third-order valence-electron chi connectivity index (χ3n) is 3.11. The minimum atomic E-state index is 0.394. The Kier molecular flexibility index (Phi) is 2.33. The highest BCUT2D eigenvalue weighted by molar-refractivity contribution is 5.76. The predicted octanol–water partition coefficient (Wildman–Crippen LogP) is 2.37. The second-order valence-corrected chi connectivity index (χ2v) is 4.26. The van der Waals surface area contributed by atoms with E-state index in [4.69, 9.17) is 14.2 Å². The molecule has 0 aromatic carbocycles. The maximum absolute atomic E-state index is 8.22. The van der Waals surface area contributed by atoms with E-state index in [0.29, 0.717) is 17.7 Å². The molecule has 5 nitrogen and oxygen atoms in total. The summed E-state index contributed by atoms with van der Waals surface area (Å²) in [5.41, 5.74) is 1.88. The van der Waals surface area contributed by atoms with Crippen molar-refractivity contribution in [1.29, 1.82) is 5.41 Å². The average Bonchev–Trinajstić information content (AvgIpc) is 2.93. The van der Waals surface area contributed by atoms with E-state index in [1.54, 1.807) is 17.2 Å². The number of rotatable bonds is 2. The smallest absolute Gasteiger partial charge is 0.231 e. The second-order valence-electron chi connectivity index (χ2n) is 4.26. The van der Waals surface area contributed by atoms with Crippen LogP contribution in [0.3, 0.4) is 0 Å². The van der Waals surface area contributed by atoms with Crippen LogP contribution in [0.2, 0.25) is 0 Å². The van der Waals surface area contributed by atoms with Crippen LogP contribution in [0.15, 0.2) is 33.6 Å². The molecule has 1 N–H and O–H groups in total. The standard InChI is InChI=1S/C13H13N3O2/c1-8-9(2)18-13-11(8)12(14)16(7-15-13)6-10-4-3-5-17-10/h3-5,7,14H,6H2,1-2H3. The third kappa shape index (κ3) is 1.55. The summed E-state index contributed by atoms with van der Waals surface area (Å²) < 4.78 is 12.5. The van der Waals surface area contributed by atoms with Gasteiger partial charge < -0.3 is 13.4 Å². The van der Waals surface area contributed by atoms with Crippen molar-refractivity contribution in [2.24, 2.45) is 0 Å². The molecule has 3 rings (SSSR count). The van der Waals surface area contributed by atoms with Crippen LogP contribution in [0.25, 0.3) is 11.1 Å². The molecule has 0 aliphatic carbocycles. The van der Waals surface area contributed by atoms with Crippen molar-refractivity contribution in [1.82, 2.24) is 9.55 Å². The fraction of sp³-hybridized carbons (Fsp3) is 0.231. The molecular formula is C13H13N3O2. The van der Waals surface area contributed by atoms with E-state index in [0.717, 1.165) is 22.5 Å². The first-order valence-electron chi connectivity index (χ1n) is 5.69. The van der Waals surface area contributed by atoms with E-state index < -0.39 is 0 Å². The molecule has 0 radical (unpaired) electrons. The summed E-state index contributed by atoms with van der Waals surface area (Å²) in [6, 6.07) is 3.71. The molecule has 3 aromatic heterocycles. The highest BCUT2D eigenvalue weighted by Gasteiger charge is 2.12. The van der Waals surface area contributed by atoms with Crippen LogP contribution in [0.1, 0.15) is 17.1 Å². The summed E-state index contributed by atoms with van der Waals surface area (Å²) in [6.45, 7) is 4.32. The van der Waals surface area contributed by atoms with Gasteiger partial charge >= 0.3 is 0 Å². The summed E-state index contributed by atoms with van der Waals surface area (Å²) >= 11 is 0. The first kappa shape index (κ1) is 10.8. The molecule has 0 saturated heterocycles. The van der Waals surface area contributed by atoms with Crippen molar-refractivity contribution in [3.63, 3.8) is 0 Å². The second kappa shape index (κ2) is 3.87. The number of nitrogens with zero attached hydrogens (tertiary/aromatic N) is 2. The Morgan fingerprint density at radius 3 is 2.94 bits per heavy atom. The molecule has 5 heteroatoms. The van der Waals surface area contributed by atoms with E-state index in [9.17, 15) is 0 Å². The first-order valence-corrected chi connectivity index (χ1v) is 5.69. The summed E-state index contributed by atoms with van der Waals surface area (Å²) in [7, 11) is 0. The highest BCUT2D eigenvalue weighted by Crippen LogP contribution is 2.19. The van der Waals surface area contributed by atoms with Crippen LogP contribution in [-0.2, 0) is 6.54 Å². The molecule has 0 spiro atoms. The Hall–Kier alpha value is -2.30. The van der Waals surface area contributed by atoms with Crippen molar-refractivity contribution in [2.45, 2.75) is 20.4 Å². The molecular weight excluding hydrogens is 230 g/mol. The van der Waals surface area contributed by atoms with Gasteiger partial charge in [-0.05, 0) is 26.0 Å². The molecule has 0 bridgehead atoms. The lowest BCUT2D eigenvalue weighted by Gasteiger charge is -2.04. The topological polar surface area (TPSA) is 68.0 Å². The normalized spacial score (nSPS) is 11.2. The molecule has 3 aromatic rings. The Morgan fingerprint density at radius 1 is 1.39 bits per heavy atom. The lowest BCUT2D eigenvalue weighted by Crippen LogP contribution is -2.21. The van der Waals surface area contributed by atoms with Crippen molar-refractivity contribution in [3.8, 4) is 0 Å². The molecule has 0 aliphatic rings. The van der Waals surface area contributed by atoms with Gasteiger partial charge in [0.25, 0.3) is 0 Å². The zero-order chi connectivity index (χ0) is 12.7. The maximum Gasteiger partial charge on any atom is 0.231 e. The summed E-state index contributed by atoms with van der Waals surface area (Å²) in [5.74, 6) is 1.61. The summed E-state index contributed by atoms with van der Waals surface area (Å²) in [5, 5.41) is 8.98.